The van der Waals surface area contributed by atoms with Crippen LogP contribution in [0.2, 0.25) is 0 Å². The molecule has 2 unspecified atom stereocenters. The van der Waals surface area contributed by atoms with E-state index in [1.807, 2.05) is 0 Å². The van der Waals surface area contributed by atoms with Gasteiger partial charge in [0.05, 0.1) is 0 Å². The minimum absolute atomic E-state index is 0. The van der Waals surface area contributed by atoms with Crippen LogP contribution in [0.1, 0.15) is 64.7 Å². The Balaban J connectivity index is 0.00000201. The van der Waals surface area contributed by atoms with E-state index in [2.05, 4.69) is 163 Å². The van der Waals surface area contributed by atoms with E-state index in [1.54, 1.807) is 23.2 Å². The first-order valence-electron chi connectivity index (χ1n) is 16.6. The second kappa shape index (κ2) is 13.5. The van der Waals surface area contributed by atoms with Gasteiger partial charge in [-0.1, -0.05) is 0 Å². The van der Waals surface area contributed by atoms with Crippen LogP contribution in [-0.2, 0) is 21.3 Å². The number of halogens is 2. The summed E-state index contributed by atoms with van der Waals surface area (Å²) >= 11 is -2.94. The Hall–Kier alpha value is -3.35. The molecule has 0 heterocycles. The normalized spacial score (nSPS) is 16.3. The van der Waals surface area contributed by atoms with Crippen LogP contribution < -0.4 is 24.8 Å². The SMILES string of the molecule is CC1=C(C)C(C)[C]([Zr+2](=[C](c2ccc(C)cc2)c2ccc(C)cc2)[CH]2c3ccccc3-c3c2c2ccccc2c2ccccc32)=C1C.[Cl-].[Cl-]. The minimum Gasteiger partial charge on any atom is -1.00 e. The maximum atomic E-state index is 2.49. The van der Waals surface area contributed by atoms with E-state index in [0.29, 0.717) is 9.54 Å². The Morgan fingerprint density at radius 2 is 1.00 bits per heavy atom. The van der Waals surface area contributed by atoms with Crippen molar-refractivity contribution in [2.45, 2.75) is 45.2 Å². The van der Waals surface area contributed by atoms with Crippen molar-refractivity contribution >= 4 is 24.8 Å². The monoisotopic (exact) mass is 740 g/mol. The summed E-state index contributed by atoms with van der Waals surface area (Å²) in [5.41, 5.74) is 16.0. The topological polar surface area (TPSA) is 0 Å². The van der Waals surface area contributed by atoms with Crippen LogP contribution in [0.4, 0.5) is 0 Å². The van der Waals surface area contributed by atoms with Crippen molar-refractivity contribution in [3.8, 4) is 11.1 Å². The molecule has 0 radical (unpaired) electrons. The molecule has 0 N–H and O–H groups in total. The van der Waals surface area contributed by atoms with Gasteiger partial charge >= 0.3 is 283 Å². The Morgan fingerprint density at radius 1 is 0.521 bits per heavy atom. The van der Waals surface area contributed by atoms with Gasteiger partial charge in [0, 0.05) is 0 Å². The van der Waals surface area contributed by atoms with Crippen molar-refractivity contribution in [3.63, 3.8) is 0 Å². The van der Waals surface area contributed by atoms with Gasteiger partial charge in [-0.2, -0.15) is 0 Å². The molecule has 6 aromatic rings. The second-order valence-corrected chi connectivity index (χ2v) is 19.5. The molecule has 0 spiro atoms. The molecule has 0 amide bonds. The standard InChI is InChI=1S/C21H13.C15H14.C9H13.2ClH.Zr/c1-2-8-15-14(7-1)13-20-18-11-4-3-9-16(18)17-10-5-6-12-19(17)21(15)20;1-12-3-7-14(8-4-12)11-15-9-5-13(2)6-10-15;1-6-5-7(2)9(4)8(6)3;;;/h1-13H;3-10H,1-2H3;6H,1-4H3;2*1H;/q;;;;;+2/p-2. The van der Waals surface area contributed by atoms with Gasteiger partial charge in [-0.25, -0.2) is 0 Å². The summed E-state index contributed by atoms with van der Waals surface area (Å²) in [7, 11) is 0. The molecule has 0 saturated heterocycles. The van der Waals surface area contributed by atoms with Crippen molar-refractivity contribution in [3.05, 3.63) is 175 Å². The summed E-state index contributed by atoms with van der Waals surface area (Å²) in [6, 6.07) is 46.7. The molecular weight excluding hydrogens is 703 g/mol. The van der Waals surface area contributed by atoms with Crippen LogP contribution in [0, 0.1) is 19.8 Å². The quantitative estimate of drug-likeness (QED) is 0.200. The van der Waals surface area contributed by atoms with E-state index in [9.17, 15) is 0 Å². The molecule has 6 aromatic carbocycles. The van der Waals surface area contributed by atoms with E-state index >= 15 is 0 Å². The molecule has 0 bridgehead atoms. The third kappa shape index (κ3) is 5.35. The molecule has 0 fully saturated rings. The van der Waals surface area contributed by atoms with Crippen molar-refractivity contribution in [2.24, 2.45) is 5.92 Å². The summed E-state index contributed by atoms with van der Waals surface area (Å²) in [5, 5.41) is 5.54. The molecule has 0 aliphatic heterocycles. The Morgan fingerprint density at radius 3 is 1.54 bits per heavy atom. The first-order valence-corrected chi connectivity index (χ1v) is 20.5. The number of rotatable bonds is 4. The van der Waals surface area contributed by atoms with Crippen molar-refractivity contribution in [2.75, 3.05) is 0 Å². The number of hydrogen-bond acceptors (Lipinski definition) is 0. The fourth-order valence-corrected chi connectivity index (χ4v) is 18.8. The largest absolute Gasteiger partial charge is 1.00 e. The van der Waals surface area contributed by atoms with Gasteiger partial charge in [-0.3, -0.25) is 0 Å². The maximum Gasteiger partial charge on any atom is -1.00 e. The predicted octanol–water partition coefficient (Wildman–Crippen LogP) is 5.83. The third-order valence-electron chi connectivity index (χ3n) is 11.0. The average Bonchev–Trinajstić information content (AvgIpc) is 3.52. The zero-order valence-electron chi connectivity index (χ0n) is 28.5. The molecule has 0 aromatic heterocycles. The number of aryl methyl sites for hydroxylation is 2. The molecule has 2 aliphatic rings. The van der Waals surface area contributed by atoms with Crippen molar-refractivity contribution < 1.29 is 46.1 Å². The maximum absolute atomic E-state index is 2.94. The zero-order valence-corrected chi connectivity index (χ0v) is 32.4. The zero-order chi connectivity index (χ0) is 31.7. The van der Waals surface area contributed by atoms with Gasteiger partial charge < -0.3 is 24.8 Å². The fourth-order valence-electron chi connectivity index (χ4n) is 8.34. The van der Waals surface area contributed by atoms with Crippen LogP contribution in [0.15, 0.2) is 141 Å². The van der Waals surface area contributed by atoms with Crippen LogP contribution >= 0.6 is 0 Å². The van der Waals surface area contributed by atoms with E-state index in [0.717, 1.165) is 0 Å². The molecule has 238 valence electrons. The minimum atomic E-state index is -2.94. The summed E-state index contributed by atoms with van der Waals surface area (Å²) < 4.78 is 3.74. The van der Waals surface area contributed by atoms with Gasteiger partial charge in [-0.05, 0) is 0 Å². The van der Waals surface area contributed by atoms with Crippen molar-refractivity contribution in [1.29, 1.82) is 0 Å². The predicted molar refractivity (Wildman–Crippen MR) is 195 cm³/mol. The molecule has 0 nitrogen and oxygen atoms in total. The van der Waals surface area contributed by atoms with Gasteiger partial charge in [0.1, 0.15) is 0 Å². The van der Waals surface area contributed by atoms with Gasteiger partial charge in [0.15, 0.2) is 0 Å². The summed E-state index contributed by atoms with van der Waals surface area (Å²) in [6.45, 7) is 14.1. The number of fused-ring (bicyclic) bond motifs is 8. The van der Waals surface area contributed by atoms with Gasteiger partial charge in [0.25, 0.3) is 0 Å². The number of allylic oxidation sites excluding steroid dienone is 4. The number of benzene rings is 6. The first kappa shape index (κ1) is 34.5. The summed E-state index contributed by atoms with van der Waals surface area (Å²) in [5.74, 6) is 0.447. The summed E-state index contributed by atoms with van der Waals surface area (Å²) in [6.07, 6.45) is 0. The van der Waals surface area contributed by atoms with Crippen LogP contribution in [0.3, 0.4) is 0 Å². The van der Waals surface area contributed by atoms with E-state index < -0.39 is 21.3 Å². The summed E-state index contributed by atoms with van der Waals surface area (Å²) in [4.78, 5) is 0. The smallest absolute Gasteiger partial charge is 1.00 e. The average molecular weight is 743 g/mol. The molecule has 2 aliphatic carbocycles. The Bertz CT molecular complexity index is 2260. The van der Waals surface area contributed by atoms with Gasteiger partial charge in [-0.15, -0.1) is 0 Å². The molecule has 2 atom stereocenters. The van der Waals surface area contributed by atoms with Crippen LogP contribution in [0.25, 0.3) is 32.7 Å². The Labute approximate surface area is 305 Å². The van der Waals surface area contributed by atoms with Gasteiger partial charge in [0.2, 0.25) is 0 Å². The van der Waals surface area contributed by atoms with E-state index in [1.165, 1.54) is 66.1 Å². The van der Waals surface area contributed by atoms with Crippen LogP contribution in [0.5, 0.6) is 0 Å². The number of hydrogen-bond donors (Lipinski definition) is 0. The second-order valence-electron chi connectivity index (χ2n) is 13.5. The van der Waals surface area contributed by atoms with Crippen LogP contribution in [-0.4, -0.2) is 3.21 Å². The molecule has 3 heteroatoms. The van der Waals surface area contributed by atoms with Crippen molar-refractivity contribution in [1.82, 2.24) is 0 Å². The Kier molecular flexibility index (Phi) is 9.72. The molecular formula is C45H40Cl2Zr. The van der Waals surface area contributed by atoms with E-state index in [-0.39, 0.29) is 24.8 Å². The fraction of sp³-hybridized carbons (Fsp3) is 0.178. The molecule has 0 saturated carbocycles. The van der Waals surface area contributed by atoms with E-state index in [4.69, 9.17) is 0 Å². The molecule has 8 rings (SSSR count). The third-order valence-corrected chi connectivity index (χ3v) is 20.0. The molecule has 48 heavy (non-hydrogen) atoms. The first-order chi connectivity index (χ1) is 22.3.